The summed E-state index contributed by atoms with van der Waals surface area (Å²) in [4.78, 5) is 27.0. The third-order valence-electron chi connectivity index (χ3n) is 2.89. The second kappa shape index (κ2) is 5.60. The summed E-state index contributed by atoms with van der Waals surface area (Å²) >= 11 is 0. The molecule has 2 amide bonds. The number of rotatable bonds is 3. The van der Waals surface area contributed by atoms with E-state index in [9.17, 15) is 9.59 Å². The van der Waals surface area contributed by atoms with E-state index in [0.29, 0.717) is 17.6 Å². The number of aromatic nitrogens is 2. The second-order valence-electron chi connectivity index (χ2n) is 4.41. The number of para-hydroxylation sites is 1. The summed E-state index contributed by atoms with van der Waals surface area (Å²) in [6.07, 6.45) is 0.682. The summed E-state index contributed by atoms with van der Waals surface area (Å²) in [6.45, 7) is 3.36. The number of imidazole rings is 1. The maximum atomic E-state index is 11.8. The highest BCUT2D eigenvalue weighted by Gasteiger charge is 2.14. The van der Waals surface area contributed by atoms with Crippen molar-refractivity contribution in [2.24, 2.45) is 0 Å². The zero-order valence-electron chi connectivity index (χ0n) is 11.4. The number of carbonyl (C=O) groups excluding carboxylic acids is 2. The fourth-order valence-corrected chi connectivity index (χ4v) is 2.00. The molecule has 2 rings (SSSR count). The van der Waals surface area contributed by atoms with Gasteiger partial charge in [-0.1, -0.05) is 13.0 Å². The molecule has 1 aromatic heterocycles. The largest absolute Gasteiger partial charge is 0.397 e. The van der Waals surface area contributed by atoms with Gasteiger partial charge in [0, 0.05) is 13.3 Å². The molecule has 0 unspecified atom stereocenters. The molecule has 0 spiro atoms. The third-order valence-corrected chi connectivity index (χ3v) is 2.89. The number of nitrogens with one attached hydrogen (secondary N) is 2. The molecule has 0 fully saturated rings. The summed E-state index contributed by atoms with van der Waals surface area (Å²) in [7, 11) is 0. The van der Waals surface area contributed by atoms with Gasteiger partial charge in [0.15, 0.2) is 0 Å². The van der Waals surface area contributed by atoms with Gasteiger partial charge in [-0.25, -0.2) is 4.98 Å². The van der Waals surface area contributed by atoms with E-state index in [-0.39, 0.29) is 18.4 Å². The molecule has 7 nitrogen and oxygen atoms in total. The van der Waals surface area contributed by atoms with Gasteiger partial charge in [-0.15, -0.1) is 0 Å². The van der Waals surface area contributed by atoms with Crippen molar-refractivity contribution in [3.8, 4) is 0 Å². The zero-order valence-corrected chi connectivity index (χ0v) is 11.4. The number of hydrogen-bond donors (Lipinski definition) is 3. The summed E-state index contributed by atoms with van der Waals surface area (Å²) in [5.41, 5.74) is 12.6. The van der Waals surface area contributed by atoms with Gasteiger partial charge in [0.2, 0.25) is 5.91 Å². The van der Waals surface area contributed by atoms with Gasteiger partial charge in [-0.3, -0.25) is 20.4 Å². The van der Waals surface area contributed by atoms with Crippen LogP contribution in [0.25, 0.3) is 11.0 Å². The number of amides is 2. The van der Waals surface area contributed by atoms with Crippen molar-refractivity contribution in [2.75, 3.05) is 5.73 Å². The summed E-state index contributed by atoms with van der Waals surface area (Å²) in [6, 6.07) is 5.46. The number of nitrogens with two attached hydrogens (primary N) is 1. The maximum absolute atomic E-state index is 11.8. The van der Waals surface area contributed by atoms with Crippen molar-refractivity contribution in [3.05, 3.63) is 24.0 Å². The minimum atomic E-state index is -0.325. The van der Waals surface area contributed by atoms with Crippen molar-refractivity contribution in [1.82, 2.24) is 20.4 Å². The zero-order chi connectivity index (χ0) is 14.7. The van der Waals surface area contributed by atoms with E-state index < -0.39 is 0 Å². The van der Waals surface area contributed by atoms with E-state index in [1.807, 2.05) is 19.1 Å². The highest BCUT2D eigenvalue weighted by atomic mass is 16.2. The quantitative estimate of drug-likeness (QED) is 0.555. The number of nitrogen functional groups attached to an aromatic ring is 1. The van der Waals surface area contributed by atoms with E-state index in [1.165, 1.54) is 6.92 Å². The number of hydrazine groups is 1. The fourth-order valence-electron chi connectivity index (χ4n) is 2.00. The van der Waals surface area contributed by atoms with Crippen LogP contribution in [0.15, 0.2) is 18.2 Å². The van der Waals surface area contributed by atoms with Crippen molar-refractivity contribution >= 4 is 28.5 Å². The van der Waals surface area contributed by atoms with Gasteiger partial charge >= 0.3 is 0 Å². The third kappa shape index (κ3) is 2.71. The van der Waals surface area contributed by atoms with Gasteiger partial charge in [-0.2, -0.15) is 0 Å². The van der Waals surface area contributed by atoms with Crippen LogP contribution in [-0.4, -0.2) is 21.4 Å². The van der Waals surface area contributed by atoms with Crippen molar-refractivity contribution < 1.29 is 9.59 Å². The first-order valence-electron chi connectivity index (χ1n) is 6.32. The van der Waals surface area contributed by atoms with Gasteiger partial charge in [-0.05, 0) is 12.1 Å². The molecular weight excluding hydrogens is 258 g/mol. The van der Waals surface area contributed by atoms with Crippen LogP contribution in [0.5, 0.6) is 0 Å². The van der Waals surface area contributed by atoms with Crippen LogP contribution < -0.4 is 16.6 Å². The Balaban J connectivity index is 2.31. The summed E-state index contributed by atoms with van der Waals surface area (Å²) in [5, 5.41) is 0. The number of carbonyl (C=O) groups is 2. The molecule has 7 heteroatoms. The van der Waals surface area contributed by atoms with Gasteiger partial charge < -0.3 is 10.3 Å². The van der Waals surface area contributed by atoms with Crippen LogP contribution in [0, 0.1) is 0 Å². The Morgan fingerprint density at radius 1 is 1.35 bits per heavy atom. The van der Waals surface area contributed by atoms with Gasteiger partial charge in [0.1, 0.15) is 17.9 Å². The number of aryl methyl sites for hydroxylation is 1. The van der Waals surface area contributed by atoms with Crippen LogP contribution >= 0.6 is 0 Å². The highest BCUT2D eigenvalue weighted by molar-refractivity contribution is 5.89. The molecule has 0 bridgehead atoms. The predicted octanol–water partition coefficient (Wildman–Crippen LogP) is 0.348. The van der Waals surface area contributed by atoms with Crippen molar-refractivity contribution in [1.29, 1.82) is 0 Å². The summed E-state index contributed by atoms with van der Waals surface area (Å²) in [5.74, 6) is 0.126. The molecule has 20 heavy (non-hydrogen) atoms. The number of nitrogens with zero attached hydrogens (tertiary/aromatic N) is 2. The highest BCUT2D eigenvalue weighted by Crippen LogP contribution is 2.21. The normalized spacial score (nSPS) is 10.5. The molecule has 0 aliphatic rings. The lowest BCUT2D eigenvalue weighted by Gasteiger charge is -2.09. The molecule has 4 N–H and O–H groups in total. The Morgan fingerprint density at radius 2 is 2.10 bits per heavy atom. The lowest BCUT2D eigenvalue weighted by Crippen LogP contribution is -2.42. The Kier molecular flexibility index (Phi) is 3.88. The molecule has 0 aliphatic heterocycles. The predicted molar refractivity (Wildman–Crippen MR) is 75.5 cm³/mol. The van der Waals surface area contributed by atoms with Crippen LogP contribution in [0.3, 0.4) is 0 Å². The van der Waals surface area contributed by atoms with Gasteiger partial charge in [0.05, 0.1) is 11.2 Å². The lowest BCUT2D eigenvalue weighted by atomic mass is 10.3. The van der Waals surface area contributed by atoms with Crippen LogP contribution in [0.2, 0.25) is 0 Å². The molecule has 0 atom stereocenters. The molecule has 0 aliphatic carbocycles. The molecule has 0 radical (unpaired) electrons. The van der Waals surface area contributed by atoms with E-state index >= 15 is 0 Å². The smallest absolute Gasteiger partial charge is 0.258 e. The molecule has 106 valence electrons. The van der Waals surface area contributed by atoms with Crippen LogP contribution in [-0.2, 0) is 22.6 Å². The lowest BCUT2D eigenvalue weighted by molar-refractivity contribution is -0.128. The van der Waals surface area contributed by atoms with E-state index in [0.717, 1.165) is 11.3 Å². The SMILES string of the molecule is CCc1nc2c(N)cccc2n1CC(=O)NNC(C)=O. The monoisotopic (exact) mass is 275 g/mol. The number of anilines is 1. The van der Waals surface area contributed by atoms with Crippen molar-refractivity contribution in [3.63, 3.8) is 0 Å². The second-order valence-corrected chi connectivity index (χ2v) is 4.41. The topological polar surface area (TPSA) is 102 Å². The van der Waals surface area contributed by atoms with E-state index in [4.69, 9.17) is 5.73 Å². The number of fused-ring (bicyclic) bond motifs is 1. The number of hydrogen-bond acceptors (Lipinski definition) is 4. The van der Waals surface area contributed by atoms with Crippen LogP contribution in [0.4, 0.5) is 5.69 Å². The first-order valence-corrected chi connectivity index (χ1v) is 6.32. The average molecular weight is 275 g/mol. The molecule has 0 saturated carbocycles. The van der Waals surface area contributed by atoms with E-state index in [2.05, 4.69) is 15.8 Å². The molecule has 0 saturated heterocycles. The Morgan fingerprint density at radius 3 is 2.75 bits per heavy atom. The molecular formula is C13H17N5O2. The molecule has 1 heterocycles. The first kappa shape index (κ1) is 13.9. The fraction of sp³-hybridized carbons (Fsp3) is 0.308. The van der Waals surface area contributed by atoms with Gasteiger partial charge in [0.25, 0.3) is 5.91 Å². The standard InChI is InChI=1S/C13H17N5O2/c1-3-11-15-13-9(14)5-4-6-10(13)18(11)7-12(20)17-16-8(2)19/h4-6H,3,7,14H2,1-2H3,(H,16,19)(H,17,20). The minimum absolute atomic E-state index is 0.0728. The minimum Gasteiger partial charge on any atom is -0.397 e. The first-order chi connectivity index (χ1) is 9.52. The molecule has 2 aromatic rings. The van der Waals surface area contributed by atoms with Crippen molar-refractivity contribution in [2.45, 2.75) is 26.8 Å². The van der Waals surface area contributed by atoms with Crippen LogP contribution in [0.1, 0.15) is 19.7 Å². The Labute approximate surface area is 116 Å². The molecule has 1 aromatic carbocycles. The summed E-state index contributed by atoms with van der Waals surface area (Å²) < 4.78 is 1.79. The van der Waals surface area contributed by atoms with E-state index in [1.54, 1.807) is 10.6 Å². The Bertz CT molecular complexity index is 662. The number of benzene rings is 1. The Hall–Kier alpha value is -2.57. The average Bonchev–Trinajstić information content (AvgIpc) is 2.76. The maximum Gasteiger partial charge on any atom is 0.258 e.